The first-order valence-corrected chi connectivity index (χ1v) is 8.84. The number of halogens is 1. The van der Waals surface area contributed by atoms with Gasteiger partial charge in [-0.15, -0.1) is 0 Å². The molecule has 2 atom stereocenters. The Morgan fingerprint density at radius 2 is 2.24 bits per heavy atom. The second-order valence-electron chi connectivity index (χ2n) is 6.79. The van der Waals surface area contributed by atoms with E-state index >= 15 is 0 Å². The van der Waals surface area contributed by atoms with Crippen LogP contribution in [-0.2, 0) is 17.9 Å². The van der Waals surface area contributed by atoms with Crippen LogP contribution in [0.1, 0.15) is 24.0 Å². The Labute approximate surface area is 148 Å². The van der Waals surface area contributed by atoms with Gasteiger partial charge in [0.1, 0.15) is 5.82 Å². The highest BCUT2D eigenvalue weighted by molar-refractivity contribution is 5.16. The van der Waals surface area contributed by atoms with Crippen molar-refractivity contribution in [2.45, 2.75) is 45.1 Å². The molecule has 1 saturated heterocycles. The van der Waals surface area contributed by atoms with Gasteiger partial charge in [-0.2, -0.15) is 5.10 Å². The van der Waals surface area contributed by atoms with E-state index in [1.54, 1.807) is 18.2 Å². The Morgan fingerprint density at radius 1 is 1.40 bits per heavy atom. The first-order chi connectivity index (χ1) is 12.1. The summed E-state index contributed by atoms with van der Waals surface area (Å²) in [5.41, 5.74) is 1.67. The fourth-order valence-electron chi connectivity index (χ4n) is 3.37. The van der Waals surface area contributed by atoms with Gasteiger partial charge < -0.3 is 9.84 Å². The van der Waals surface area contributed by atoms with Crippen molar-refractivity contribution in [3.8, 4) is 0 Å². The van der Waals surface area contributed by atoms with E-state index < -0.39 is 6.10 Å². The number of nitrogens with zero attached hydrogens (tertiary/aromatic N) is 3. The van der Waals surface area contributed by atoms with Gasteiger partial charge in [-0.3, -0.25) is 9.58 Å². The van der Waals surface area contributed by atoms with Crippen molar-refractivity contribution in [2.75, 3.05) is 19.7 Å². The molecule has 1 fully saturated rings. The molecule has 1 aliphatic heterocycles. The van der Waals surface area contributed by atoms with E-state index in [2.05, 4.69) is 10.00 Å². The smallest absolute Gasteiger partial charge is 0.128 e. The normalized spacial score (nSPS) is 19.4. The molecule has 25 heavy (non-hydrogen) atoms. The molecule has 1 aromatic carbocycles. The van der Waals surface area contributed by atoms with Gasteiger partial charge in [-0.05, 0) is 37.9 Å². The van der Waals surface area contributed by atoms with E-state index in [1.165, 1.54) is 6.07 Å². The molecule has 1 aromatic heterocycles. The van der Waals surface area contributed by atoms with Gasteiger partial charge in [0, 0.05) is 24.3 Å². The van der Waals surface area contributed by atoms with Gasteiger partial charge in [0.2, 0.25) is 0 Å². The first kappa shape index (κ1) is 18.0. The number of aromatic nitrogens is 2. The average Bonchev–Trinajstić information content (AvgIpc) is 3.19. The maximum atomic E-state index is 13.5. The maximum absolute atomic E-state index is 13.5. The van der Waals surface area contributed by atoms with Crippen LogP contribution in [0.15, 0.2) is 36.7 Å². The van der Waals surface area contributed by atoms with Crippen molar-refractivity contribution in [2.24, 2.45) is 0 Å². The quantitative estimate of drug-likeness (QED) is 0.797. The lowest BCUT2D eigenvalue weighted by atomic mass is 10.2. The molecule has 2 heterocycles. The second kappa shape index (κ2) is 8.56. The van der Waals surface area contributed by atoms with Gasteiger partial charge in [0.05, 0.1) is 32.1 Å². The minimum absolute atomic E-state index is 0.180. The fraction of sp³-hybridized carbons (Fsp3) is 0.526. The van der Waals surface area contributed by atoms with E-state index in [0.29, 0.717) is 18.2 Å². The summed E-state index contributed by atoms with van der Waals surface area (Å²) in [4.78, 5) is 2.30. The number of aliphatic hydroxyl groups is 1. The number of hydrogen-bond donors (Lipinski definition) is 1. The summed E-state index contributed by atoms with van der Waals surface area (Å²) in [6.07, 6.45) is 5.58. The highest BCUT2D eigenvalue weighted by Crippen LogP contribution is 2.19. The van der Waals surface area contributed by atoms with Crippen LogP contribution in [0.4, 0.5) is 4.39 Å². The van der Waals surface area contributed by atoms with Crippen molar-refractivity contribution in [1.82, 2.24) is 14.7 Å². The highest BCUT2D eigenvalue weighted by Gasteiger charge is 2.26. The van der Waals surface area contributed by atoms with Crippen LogP contribution in [0.5, 0.6) is 0 Å². The first-order valence-electron chi connectivity index (χ1n) is 8.84. The summed E-state index contributed by atoms with van der Waals surface area (Å²) in [7, 11) is 0. The molecular weight excluding hydrogens is 321 g/mol. The number of rotatable bonds is 8. The number of hydrogen-bond acceptors (Lipinski definition) is 4. The number of β-amino-alcohol motifs (C(OH)–C–C–N with tert-alkyl or cyclic N) is 1. The van der Waals surface area contributed by atoms with Crippen LogP contribution in [0.3, 0.4) is 0 Å². The van der Waals surface area contributed by atoms with Crippen molar-refractivity contribution in [1.29, 1.82) is 0 Å². The molecule has 0 spiro atoms. The molecule has 1 N–H and O–H groups in total. The minimum atomic E-state index is -0.577. The predicted octanol–water partition coefficient (Wildman–Crippen LogP) is 2.37. The zero-order valence-corrected chi connectivity index (χ0v) is 14.6. The minimum Gasteiger partial charge on any atom is -0.389 e. The summed E-state index contributed by atoms with van der Waals surface area (Å²) in [6, 6.07) is 6.94. The third-order valence-corrected chi connectivity index (χ3v) is 4.63. The lowest BCUT2D eigenvalue weighted by Gasteiger charge is -2.26. The Balaban J connectivity index is 1.43. The van der Waals surface area contributed by atoms with E-state index in [-0.39, 0.29) is 19.0 Å². The van der Waals surface area contributed by atoms with Gasteiger partial charge in [-0.25, -0.2) is 4.39 Å². The summed E-state index contributed by atoms with van der Waals surface area (Å²) >= 11 is 0. The van der Waals surface area contributed by atoms with Crippen molar-refractivity contribution < 1.29 is 14.2 Å². The average molecular weight is 347 g/mol. The Bertz CT molecular complexity index is 676. The molecule has 3 rings (SSSR count). The van der Waals surface area contributed by atoms with Crippen LogP contribution in [-0.4, -0.2) is 51.6 Å². The van der Waals surface area contributed by atoms with Gasteiger partial charge in [0.15, 0.2) is 0 Å². The number of aryl methyl sites for hydroxylation is 1. The molecule has 0 saturated carbocycles. The molecular formula is C19H26FN3O2. The molecule has 0 unspecified atom stereocenters. The summed E-state index contributed by atoms with van der Waals surface area (Å²) < 4.78 is 21.0. The predicted molar refractivity (Wildman–Crippen MR) is 93.6 cm³/mol. The third kappa shape index (κ3) is 5.11. The van der Waals surface area contributed by atoms with E-state index in [9.17, 15) is 9.50 Å². The van der Waals surface area contributed by atoms with Gasteiger partial charge >= 0.3 is 0 Å². The van der Waals surface area contributed by atoms with Crippen LogP contribution < -0.4 is 0 Å². The molecule has 0 aliphatic carbocycles. The van der Waals surface area contributed by atoms with E-state index in [4.69, 9.17) is 4.74 Å². The van der Waals surface area contributed by atoms with Crippen molar-refractivity contribution in [3.63, 3.8) is 0 Å². The van der Waals surface area contributed by atoms with E-state index in [0.717, 1.165) is 31.5 Å². The van der Waals surface area contributed by atoms with Crippen LogP contribution in [0, 0.1) is 12.7 Å². The van der Waals surface area contributed by atoms with Crippen molar-refractivity contribution >= 4 is 0 Å². The van der Waals surface area contributed by atoms with Crippen LogP contribution in [0.25, 0.3) is 0 Å². The van der Waals surface area contributed by atoms with Gasteiger partial charge in [0.25, 0.3) is 0 Å². The summed E-state index contributed by atoms with van der Waals surface area (Å²) in [5.74, 6) is -0.272. The molecule has 136 valence electrons. The molecule has 0 amide bonds. The zero-order valence-electron chi connectivity index (χ0n) is 14.6. The summed E-state index contributed by atoms with van der Waals surface area (Å²) in [5, 5.41) is 14.6. The second-order valence-corrected chi connectivity index (χ2v) is 6.79. The zero-order chi connectivity index (χ0) is 17.6. The molecule has 5 nitrogen and oxygen atoms in total. The number of likely N-dealkylation sites (tertiary alicyclic amines) is 1. The molecule has 1 aliphatic rings. The molecule has 0 radical (unpaired) electrons. The SMILES string of the molecule is Cc1cnn(C[C@H]2CCCN2C[C@@H](O)COCc2ccccc2F)c1. The van der Waals surface area contributed by atoms with Crippen LogP contribution in [0.2, 0.25) is 0 Å². The standard InChI is InChI=1S/C19H26FN3O2/c1-15-9-21-23(10-15)11-17-6-4-8-22(17)12-18(24)14-25-13-16-5-2-3-7-19(16)20/h2-3,5,7,9-10,17-18,24H,4,6,8,11-14H2,1H3/t17-,18-/m1/s1. The number of aliphatic hydroxyl groups excluding tert-OH is 1. The highest BCUT2D eigenvalue weighted by atomic mass is 19.1. The summed E-state index contributed by atoms with van der Waals surface area (Å²) in [6.45, 7) is 4.82. The molecule has 6 heteroatoms. The fourth-order valence-corrected chi connectivity index (χ4v) is 3.37. The topological polar surface area (TPSA) is 50.5 Å². The van der Waals surface area contributed by atoms with E-state index in [1.807, 2.05) is 24.0 Å². The van der Waals surface area contributed by atoms with Gasteiger partial charge in [-0.1, -0.05) is 18.2 Å². The lowest BCUT2D eigenvalue weighted by molar-refractivity contribution is 0.00595. The Hall–Kier alpha value is -1.76. The monoisotopic (exact) mass is 347 g/mol. The van der Waals surface area contributed by atoms with Crippen molar-refractivity contribution in [3.05, 3.63) is 53.6 Å². The lowest BCUT2D eigenvalue weighted by Crippen LogP contribution is -2.40. The molecule has 0 bridgehead atoms. The Kier molecular flexibility index (Phi) is 6.18. The number of benzene rings is 1. The van der Waals surface area contributed by atoms with Crippen LogP contribution >= 0.6 is 0 Å². The Morgan fingerprint density at radius 3 is 3.00 bits per heavy atom. The molecule has 2 aromatic rings. The number of ether oxygens (including phenoxy) is 1. The maximum Gasteiger partial charge on any atom is 0.128 e. The third-order valence-electron chi connectivity index (χ3n) is 4.63. The largest absolute Gasteiger partial charge is 0.389 e.